The van der Waals surface area contributed by atoms with Crippen LogP contribution >= 0.6 is 0 Å². The Balaban J connectivity index is 2.22. The van der Waals surface area contributed by atoms with Crippen LogP contribution in [0.15, 0.2) is 0 Å². The molecule has 1 saturated carbocycles. The van der Waals surface area contributed by atoms with Crippen molar-refractivity contribution in [3.63, 3.8) is 0 Å². The molecule has 2 nitrogen and oxygen atoms in total. The third kappa shape index (κ3) is 2.46. The Morgan fingerprint density at radius 1 is 1.22 bits per heavy atom. The van der Waals surface area contributed by atoms with Gasteiger partial charge in [-0.25, -0.2) is 0 Å². The summed E-state index contributed by atoms with van der Waals surface area (Å²) in [6.07, 6.45) is 6.81. The molecule has 1 aliphatic heterocycles. The van der Waals surface area contributed by atoms with E-state index in [4.69, 9.17) is 5.73 Å². The normalized spacial score (nSPS) is 37.3. The standard InChI is InChI=1S/C16H32N2/c1-13(2)14-7-5-6-8-16(14,11-17)18-10-9-15(3,4)12-18/h13-14H,5-12,17H2,1-4H3. The van der Waals surface area contributed by atoms with Gasteiger partial charge in [0.2, 0.25) is 0 Å². The van der Waals surface area contributed by atoms with E-state index in [0.717, 1.165) is 18.4 Å². The first-order valence-corrected chi connectivity index (χ1v) is 7.86. The zero-order valence-electron chi connectivity index (χ0n) is 12.8. The number of likely N-dealkylation sites (tertiary alicyclic amines) is 1. The van der Waals surface area contributed by atoms with Crippen molar-refractivity contribution in [2.75, 3.05) is 19.6 Å². The van der Waals surface area contributed by atoms with E-state index in [1.165, 1.54) is 45.2 Å². The molecule has 0 bridgehead atoms. The van der Waals surface area contributed by atoms with Gasteiger partial charge in [-0.05, 0) is 43.1 Å². The number of hydrogen-bond donors (Lipinski definition) is 1. The van der Waals surface area contributed by atoms with Crippen molar-refractivity contribution in [2.24, 2.45) is 23.0 Å². The highest BCUT2D eigenvalue weighted by Crippen LogP contribution is 2.45. The van der Waals surface area contributed by atoms with Gasteiger partial charge in [-0.3, -0.25) is 4.90 Å². The van der Waals surface area contributed by atoms with Gasteiger partial charge in [0.15, 0.2) is 0 Å². The number of nitrogens with two attached hydrogens (primary N) is 1. The van der Waals surface area contributed by atoms with E-state index in [-0.39, 0.29) is 0 Å². The van der Waals surface area contributed by atoms with E-state index in [2.05, 4.69) is 32.6 Å². The molecule has 1 saturated heterocycles. The molecule has 0 aromatic rings. The van der Waals surface area contributed by atoms with Crippen molar-refractivity contribution >= 4 is 0 Å². The molecule has 2 unspecified atom stereocenters. The quantitative estimate of drug-likeness (QED) is 0.835. The molecule has 0 radical (unpaired) electrons. The van der Waals surface area contributed by atoms with Crippen molar-refractivity contribution in [2.45, 2.75) is 65.3 Å². The van der Waals surface area contributed by atoms with Crippen LogP contribution in [-0.2, 0) is 0 Å². The molecule has 2 heteroatoms. The van der Waals surface area contributed by atoms with Crippen LogP contribution in [0.2, 0.25) is 0 Å². The molecule has 0 aromatic heterocycles. The molecule has 106 valence electrons. The molecular formula is C16H32N2. The van der Waals surface area contributed by atoms with Crippen LogP contribution in [0.25, 0.3) is 0 Å². The first-order chi connectivity index (χ1) is 8.41. The summed E-state index contributed by atoms with van der Waals surface area (Å²) in [7, 11) is 0. The highest BCUT2D eigenvalue weighted by Gasteiger charge is 2.48. The Hall–Kier alpha value is -0.0800. The highest BCUT2D eigenvalue weighted by atomic mass is 15.2. The van der Waals surface area contributed by atoms with Crippen LogP contribution in [0.4, 0.5) is 0 Å². The molecule has 1 aliphatic carbocycles. The average molecular weight is 252 g/mol. The second-order valence-electron chi connectivity index (χ2n) is 7.74. The minimum absolute atomic E-state index is 0.306. The topological polar surface area (TPSA) is 29.3 Å². The predicted octanol–water partition coefficient (Wildman–Crippen LogP) is 3.26. The lowest BCUT2D eigenvalue weighted by Gasteiger charge is -2.52. The van der Waals surface area contributed by atoms with Crippen molar-refractivity contribution in [1.29, 1.82) is 0 Å². The van der Waals surface area contributed by atoms with Gasteiger partial charge in [-0.1, -0.05) is 40.5 Å². The van der Waals surface area contributed by atoms with E-state index in [1.54, 1.807) is 0 Å². The zero-order valence-corrected chi connectivity index (χ0v) is 12.8. The maximum atomic E-state index is 6.29. The van der Waals surface area contributed by atoms with Crippen LogP contribution in [0, 0.1) is 17.3 Å². The Morgan fingerprint density at radius 3 is 2.44 bits per heavy atom. The zero-order chi connectivity index (χ0) is 13.4. The maximum absolute atomic E-state index is 6.29. The van der Waals surface area contributed by atoms with E-state index in [1.807, 2.05) is 0 Å². The lowest BCUT2D eigenvalue weighted by Crippen LogP contribution is -2.60. The number of rotatable bonds is 3. The summed E-state index contributed by atoms with van der Waals surface area (Å²) in [5.74, 6) is 1.56. The van der Waals surface area contributed by atoms with Crippen molar-refractivity contribution in [3.05, 3.63) is 0 Å². The fraction of sp³-hybridized carbons (Fsp3) is 1.00. The summed E-state index contributed by atoms with van der Waals surface area (Å²) in [5, 5.41) is 0. The lowest BCUT2D eigenvalue weighted by atomic mass is 9.67. The largest absolute Gasteiger partial charge is 0.329 e. The number of hydrogen-bond acceptors (Lipinski definition) is 2. The average Bonchev–Trinajstić information content (AvgIpc) is 2.69. The first-order valence-electron chi connectivity index (χ1n) is 7.86. The molecule has 2 aliphatic rings. The SMILES string of the molecule is CC(C)C1CCCCC1(CN)N1CCC(C)(C)C1. The molecule has 18 heavy (non-hydrogen) atoms. The van der Waals surface area contributed by atoms with Gasteiger partial charge in [0.1, 0.15) is 0 Å². The molecule has 1 heterocycles. The van der Waals surface area contributed by atoms with Gasteiger partial charge < -0.3 is 5.73 Å². The summed E-state index contributed by atoms with van der Waals surface area (Å²) in [5.41, 5.74) is 7.09. The van der Waals surface area contributed by atoms with Gasteiger partial charge in [0, 0.05) is 18.6 Å². The highest BCUT2D eigenvalue weighted by molar-refractivity contribution is 5.04. The van der Waals surface area contributed by atoms with Crippen LogP contribution in [0.3, 0.4) is 0 Å². The van der Waals surface area contributed by atoms with Crippen LogP contribution < -0.4 is 5.73 Å². The summed E-state index contributed by atoms with van der Waals surface area (Å²) in [6, 6.07) is 0. The minimum Gasteiger partial charge on any atom is -0.329 e. The monoisotopic (exact) mass is 252 g/mol. The summed E-state index contributed by atoms with van der Waals surface area (Å²) in [4.78, 5) is 2.76. The van der Waals surface area contributed by atoms with Gasteiger partial charge in [-0.15, -0.1) is 0 Å². The van der Waals surface area contributed by atoms with E-state index in [0.29, 0.717) is 11.0 Å². The Labute approximate surface area is 113 Å². The smallest absolute Gasteiger partial charge is 0.0362 e. The van der Waals surface area contributed by atoms with Crippen LogP contribution in [-0.4, -0.2) is 30.1 Å². The van der Waals surface area contributed by atoms with E-state index < -0.39 is 0 Å². The van der Waals surface area contributed by atoms with Crippen LogP contribution in [0.1, 0.15) is 59.8 Å². The van der Waals surface area contributed by atoms with Crippen LogP contribution in [0.5, 0.6) is 0 Å². The molecule has 2 rings (SSSR count). The predicted molar refractivity (Wildman–Crippen MR) is 78.6 cm³/mol. The maximum Gasteiger partial charge on any atom is 0.0362 e. The molecular weight excluding hydrogens is 220 g/mol. The third-order valence-corrected chi connectivity index (χ3v) is 5.53. The van der Waals surface area contributed by atoms with Crippen molar-refractivity contribution in [1.82, 2.24) is 4.90 Å². The van der Waals surface area contributed by atoms with Gasteiger partial charge in [0.05, 0.1) is 0 Å². The van der Waals surface area contributed by atoms with Gasteiger partial charge >= 0.3 is 0 Å². The molecule has 2 fully saturated rings. The second kappa shape index (κ2) is 5.13. The van der Waals surface area contributed by atoms with Crippen molar-refractivity contribution in [3.8, 4) is 0 Å². The van der Waals surface area contributed by atoms with E-state index in [9.17, 15) is 0 Å². The molecule has 2 atom stereocenters. The number of nitrogens with zero attached hydrogens (tertiary/aromatic N) is 1. The van der Waals surface area contributed by atoms with Gasteiger partial charge in [0.25, 0.3) is 0 Å². The van der Waals surface area contributed by atoms with E-state index >= 15 is 0 Å². The Kier molecular flexibility index (Phi) is 4.08. The Morgan fingerprint density at radius 2 is 1.94 bits per heavy atom. The molecule has 0 spiro atoms. The summed E-state index contributed by atoms with van der Waals surface area (Å²) in [6.45, 7) is 12.9. The third-order valence-electron chi connectivity index (χ3n) is 5.53. The fourth-order valence-corrected chi connectivity index (χ4v) is 4.47. The lowest BCUT2D eigenvalue weighted by molar-refractivity contribution is -0.00392. The molecule has 0 aromatic carbocycles. The first kappa shape index (κ1) is 14.3. The summed E-state index contributed by atoms with van der Waals surface area (Å²) >= 11 is 0. The summed E-state index contributed by atoms with van der Waals surface area (Å²) < 4.78 is 0. The minimum atomic E-state index is 0.306. The molecule has 0 amide bonds. The Bertz CT molecular complexity index is 285. The molecule has 2 N–H and O–H groups in total. The van der Waals surface area contributed by atoms with Gasteiger partial charge in [-0.2, -0.15) is 0 Å². The second-order valence-corrected chi connectivity index (χ2v) is 7.74. The fourth-order valence-electron chi connectivity index (χ4n) is 4.47. The van der Waals surface area contributed by atoms with Crippen molar-refractivity contribution < 1.29 is 0 Å².